The second-order valence-electron chi connectivity index (χ2n) is 6.12. The van der Waals surface area contributed by atoms with Crippen molar-refractivity contribution >= 4 is 21.8 Å². The highest BCUT2D eigenvalue weighted by atomic mass is 32.2. The third-order valence-corrected chi connectivity index (χ3v) is 5.72. The molecule has 3 rings (SSSR count). The van der Waals surface area contributed by atoms with Gasteiger partial charge in [-0.3, -0.25) is 9.19 Å². The number of imidazole rings is 1. The van der Waals surface area contributed by atoms with Crippen molar-refractivity contribution < 1.29 is 4.21 Å². The first-order chi connectivity index (χ1) is 10.9. The van der Waals surface area contributed by atoms with Gasteiger partial charge in [0.05, 0.1) is 33.3 Å². The molecule has 0 spiro atoms. The molecule has 0 aliphatic rings. The molecule has 0 amide bonds. The second-order valence-corrected chi connectivity index (χ2v) is 7.49. The van der Waals surface area contributed by atoms with Crippen molar-refractivity contribution in [2.24, 2.45) is 0 Å². The van der Waals surface area contributed by atoms with E-state index in [1.165, 1.54) is 16.7 Å². The maximum Gasteiger partial charge on any atom is 0.197 e. The van der Waals surface area contributed by atoms with E-state index in [0.717, 1.165) is 27.9 Å². The van der Waals surface area contributed by atoms with Crippen molar-refractivity contribution in [2.45, 2.75) is 45.5 Å². The van der Waals surface area contributed by atoms with E-state index in [1.807, 2.05) is 26.1 Å². The molecule has 0 saturated carbocycles. The molecule has 0 radical (unpaired) electrons. The van der Waals surface area contributed by atoms with Gasteiger partial charge in [-0.05, 0) is 74.6 Å². The van der Waals surface area contributed by atoms with Crippen molar-refractivity contribution in [2.75, 3.05) is 0 Å². The maximum atomic E-state index is 12.7. The maximum absolute atomic E-state index is 12.7. The van der Waals surface area contributed by atoms with Crippen LogP contribution in [0.5, 0.6) is 0 Å². The van der Waals surface area contributed by atoms with E-state index in [0.29, 0.717) is 10.9 Å². The number of benzene rings is 1. The smallest absolute Gasteiger partial charge is 0.197 e. The fourth-order valence-corrected chi connectivity index (χ4v) is 3.67. The molecule has 2 heterocycles. The molecular formula is C18H21N3OS. The molecule has 4 nitrogen and oxygen atoms in total. The third kappa shape index (κ3) is 2.93. The lowest BCUT2D eigenvalue weighted by Gasteiger charge is -2.09. The van der Waals surface area contributed by atoms with Gasteiger partial charge >= 0.3 is 0 Å². The van der Waals surface area contributed by atoms with Crippen molar-refractivity contribution in [3.8, 4) is 0 Å². The fourth-order valence-electron chi connectivity index (χ4n) is 2.57. The zero-order valence-corrected chi connectivity index (χ0v) is 15.0. The molecule has 0 bridgehead atoms. The van der Waals surface area contributed by atoms with Gasteiger partial charge in [0.1, 0.15) is 0 Å². The summed E-state index contributed by atoms with van der Waals surface area (Å²) in [4.78, 5) is 12.1. The summed E-state index contributed by atoms with van der Waals surface area (Å²) in [6, 6.07) is 4.08. The minimum Gasteiger partial charge on any atom is -0.331 e. The van der Waals surface area contributed by atoms with E-state index in [2.05, 4.69) is 41.8 Å². The van der Waals surface area contributed by atoms with E-state index in [1.54, 1.807) is 0 Å². The first-order valence-electron chi connectivity index (χ1n) is 7.64. The summed E-state index contributed by atoms with van der Waals surface area (Å²) in [5, 5.41) is 0.518. The predicted octanol–water partition coefficient (Wildman–Crippen LogP) is 3.81. The molecule has 0 fully saturated rings. The van der Waals surface area contributed by atoms with Gasteiger partial charge in [0.15, 0.2) is 5.16 Å². The number of rotatable bonds is 3. The third-order valence-electron chi connectivity index (χ3n) is 4.56. The van der Waals surface area contributed by atoms with Crippen LogP contribution in [0.4, 0.5) is 0 Å². The molecular weight excluding hydrogens is 306 g/mol. The Kier molecular flexibility index (Phi) is 4.06. The number of pyridine rings is 1. The molecule has 120 valence electrons. The van der Waals surface area contributed by atoms with Gasteiger partial charge in [0, 0.05) is 6.20 Å². The monoisotopic (exact) mass is 327 g/mol. The molecule has 0 aliphatic carbocycles. The Bertz CT molecular complexity index is 889. The van der Waals surface area contributed by atoms with Crippen molar-refractivity contribution in [3.05, 3.63) is 51.8 Å². The van der Waals surface area contributed by atoms with E-state index >= 15 is 0 Å². The lowest BCUT2D eigenvalue weighted by molar-refractivity contribution is 0.676. The molecule has 1 N–H and O–H groups in total. The molecule has 3 aromatic rings. The number of hydrogen-bond acceptors (Lipinski definition) is 3. The Morgan fingerprint density at radius 1 is 1.00 bits per heavy atom. The van der Waals surface area contributed by atoms with Crippen LogP contribution in [0.1, 0.15) is 33.5 Å². The van der Waals surface area contributed by atoms with Gasteiger partial charge in [-0.1, -0.05) is 0 Å². The Hall–Kier alpha value is -2.01. The highest BCUT2D eigenvalue weighted by Gasteiger charge is 2.14. The highest BCUT2D eigenvalue weighted by Crippen LogP contribution is 2.21. The van der Waals surface area contributed by atoms with Crippen LogP contribution in [-0.4, -0.2) is 19.2 Å². The zero-order valence-electron chi connectivity index (χ0n) is 14.2. The number of fused-ring (bicyclic) bond motifs is 1. The van der Waals surface area contributed by atoms with Crippen LogP contribution in [0.25, 0.3) is 11.0 Å². The number of H-pyrrole nitrogens is 1. The second kappa shape index (κ2) is 5.89. The molecule has 1 unspecified atom stereocenters. The van der Waals surface area contributed by atoms with Gasteiger partial charge in [0.25, 0.3) is 0 Å². The Balaban J connectivity index is 1.93. The van der Waals surface area contributed by atoms with E-state index in [-0.39, 0.29) is 0 Å². The normalized spacial score (nSPS) is 12.7. The minimum atomic E-state index is -1.23. The van der Waals surface area contributed by atoms with Crippen LogP contribution in [0.2, 0.25) is 0 Å². The number of nitrogens with one attached hydrogen (secondary N) is 1. The number of aromatic amines is 1. The van der Waals surface area contributed by atoms with Gasteiger partial charge in [-0.2, -0.15) is 0 Å². The molecule has 1 aromatic carbocycles. The van der Waals surface area contributed by atoms with Crippen LogP contribution < -0.4 is 0 Å². The minimum absolute atomic E-state index is 0.380. The fraction of sp³-hybridized carbons (Fsp3) is 0.333. The number of hydrogen-bond donors (Lipinski definition) is 1. The number of aromatic nitrogens is 3. The molecule has 2 aromatic heterocycles. The quantitative estimate of drug-likeness (QED) is 0.796. The van der Waals surface area contributed by atoms with Crippen LogP contribution in [-0.2, 0) is 16.6 Å². The standard InChI is InChI=1S/C18H21N3OS/c1-10-6-15-16(7-11(10)2)21-18(20-15)23(22)9-17-14(5)13(4)12(3)8-19-17/h6-8H,9H2,1-5H3,(H,20,21). The largest absolute Gasteiger partial charge is 0.331 e. The summed E-state index contributed by atoms with van der Waals surface area (Å²) >= 11 is 0. The molecule has 1 atom stereocenters. The van der Waals surface area contributed by atoms with Crippen LogP contribution in [0.15, 0.2) is 23.5 Å². The molecule has 0 saturated heterocycles. The van der Waals surface area contributed by atoms with Crippen molar-refractivity contribution in [1.29, 1.82) is 0 Å². The summed E-state index contributed by atoms with van der Waals surface area (Å²) in [5.74, 6) is 0.380. The molecule has 23 heavy (non-hydrogen) atoms. The van der Waals surface area contributed by atoms with E-state index in [9.17, 15) is 4.21 Å². The van der Waals surface area contributed by atoms with Crippen LogP contribution >= 0.6 is 0 Å². The SMILES string of the molecule is Cc1cc2nc(S(=O)Cc3ncc(C)c(C)c3C)[nH]c2cc1C. The summed E-state index contributed by atoms with van der Waals surface area (Å²) in [5.41, 5.74) is 8.54. The van der Waals surface area contributed by atoms with E-state index in [4.69, 9.17) is 0 Å². The van der Waals surface area contributed by atoms with Crippen LogP contribution in [0.3, 0.4) is 0 Å². The summed E-state index contributed by atoms with van der Waals surface area (Å²) in [6.07, 6.45) is 1.85. The summed E-state index contributed by atoms with van der Waals surface area (Å²) in [6.45, 7) is 10.3. The van der Waals surface area contributed by atoms with Gasteiger partial charge in [-0.25, -0.2) is 4.98 Å². The summed E-state index contributed by atoms with van der Waals surface area (Å²) < 4.78 is 12.7. The van der Waals surface area contributed by atoms with Gasteiger partial charge < -0.3 is 4.98 Å². The molecule has 5 heteroatoms. The molecule has 0 aliphatic heterocycles. The predicted molar refractivity (Wildman–Crippen MR) is 94.1 cm³/mol. The Morgan fingerprint density at radius 2 is 1.70 bits per heavy atom. The van der Waals surface area contributed by atoms with Gasteiger partial charge in [0.2, 0.25) is 0 Å². The van der Waals surface area contributed by atoms with E-state index < -0.39 is 10.8 Å². The number of nitrogens with zero attached hydrogens (tertiary/aromatic N) is 2. The average molecular weight is 327 g/mol. The summed E-state index contributed by atoms with van der Waals surface area (Å²) in [7, 11) is -1.23. The lowest BCUT2D eigenvalue weighted by Crippen LogP contribution is -2.04. The average Bonchev–Trinajstić information content (AvgIpc) is 2.91. The van der Waals surface area contributed by atoms with Crippen molar-refractivity contribution in [1.82, 2.24) is 15.0 Å². The first kappa shape index (κ1) is 15.9. The number of aryl methyl sites for hydroxylation is 3. The Morgan fingerprint density at radius 3 is 2.43 bits per heavy atom. The Labute approximate surface area is 138 Å². The highest BCUT2D eigenvalue weighted by molar-refractivity contribution is 7.84. The van der Waals surface area contributed by atoms with Gasteiger partial charge in [-0.15, -0.1) is 0 Å². The topological polar surface area (TPSA) is 58.6 Å². The first-order valence-corrected chi connectivity index (χ1v) is 8.95. The van der Waals surface area contributed by atoms with Crippen LogP contribution in [0, 0.1) is 34.6 Å². The van der Waals surface area contributed by atoms with Crippen molar-refractivity contribution in [3.63, 3.8) is 0 Å². The lowest BCUT2D eigenvalue weighted by atomic mass is 10.1. The zero-order chi connectivity index (χ0) is 16.7.